The Morgan fingerprint density at radius 3 is 2.56 bits per heavy atom. The van der Waals surface area contributed by atoms with Gasteiger partial charge in [0.15, 0.2) is 5.96 Å². The number of pyridine rings is 1. The quantitative estimate of drug-likeness (QED) is 0.327. The molecule has 0 saturated heterocycles. The topological polar surface area (TPSA) is 49.6 Å². The number of unbranched alkanes of at least 4 members (excludes halogenated alkanes) is 1. The van der Waals surface area contributed by atoms with Crippen LogP contribution in [0.2, 0.25) is 0 Å². The van der Waals surface area contributed by atoms with Crippen LogP contribution in [0.3, 0.4) is 0 Å². The minimum absolute atomic E-state index is 0.0750. The third-order valence-corrected chi connectivity index (χ3v) is 5.26. The average molecular weight is 387 g/mol. The fraction of sp³-hybridized carbons (Fsp3) is 0.429. The smallest absolute Gasteiger partial charge is 0.250 e. The lowest BCUT2D eigenvalue weighted by atomic mass is 10.2. The molecule has 27 heavy (non-hydrogen) atoms. The van der Waals surface area contributed by atoms with Crippen LogP contribution in [0.25, 0.3) is 0 Å². The Balaban J connectivity index is 1.76. The number of nitrogens with one attached hydrogen (secondary N) is 1. The second-order valence-corrected chi connectivity index (χ2v) is 7.42. The first-order valence-electron chi connectivity index (χ1n) is 9.26. The van der Waals surface area contributed by atoms with Gasteiger partial charge in [-0.05, 0) is 49.8 Å². The van der Waals surface area contributed by atoms with E-state index >= 15 is 0 Å². The van der Waals surface area contributed by atoms with Gasteiger partial charge in [-0.15, -0.1) is 11.8 Å². The number of rotatable bonds is 8. The van der Waals surface area contributed by atoms with E-state index in [9.17, 15) is 4.79 Å². The molecule has 0 bridgehead atoms. The Hall–Kier alpha value is -2.21. The second-order valence-electron chi connectivity index (χ2n) is 6.54. The van der Waals surface area contributed by atoms with E-state index in [0.29, 0.717) is 0 Å². The lowest BCUT2D eigenvalue weighted by Crippen LogP contribution is -2.39. The molecule has 0 aliphatic rings. The number of aromatic nitrogens is 1. The van der Waals surface area contributed by atoms with E-state index in [1.54, 1.807) is 17.8 Å². The first-order valence-corrected chi connectivity index (χ1v) is 10.5. The van der Waals surface area contributed by atoms with E-state index in [2.05, 4.69) is 45.7 Å². The van der Waals surface area contributed by atoms with Crippen molar-refractivity contribution in [2.75, 3.05) is 26.9 Å². The van der Waals surface area contributed by atoms with Crippen molar-refractivity contribution < 1.29 is 0 Å². The predicted octanol–water partition coefficient (Wildman–Crippen LogP) is 3.37. The average Bonchev–Trinajstić information content (AvgIpc) is 2.67. The summed E-state index contributed by atoms with van der Waals surface area (Å²) in [6, 6.07) is 14.0. The van der Waals surface area contributed by atoms with E-state index in [-0.39, 0.29) is 5.56 Å². The zero-order valence-corrected chi connectivity index (χ0v) is 17.6. The highest BCUT2D eigenvalue weighted by Crippen LogP contribution is 2.15. The fourth-order valence-electron chi connectivity index (χ4n) is 2.97. The van der Waals surface area contributed by atoms with Crippen LogP contribution in [0, 0.1) is 6.92 Å². The monoisotopic (exact) mass is 386 g/mol. The molecule has 1 N–H and O–H groups in total. The van der Waals surface area contributed by atoms with Gasteiger partial charge in [-0.25, -0.2) is 0 Å². The van der Waals surface area contributed by atoms with Gasteiger partial charge in [0.2, 0.25) is 0 Å². The SMILES string of the molecule is CN=C(NCCCCn1c(C)cccc1=O)N(C)Cc1ccc(SC)cc1. The fourth-order valence-corrected chi connectivity index (χ4v) is 3.38. The molecule has 0 amide bonds. The number of aryl methyl sites for hydroxylation is 1. The van der Waals surface area contributed by atoms with Gasteiger partial charge in [0.05, 0.1) is 0 Å². The van der Waals surface area contributed by atoms with Crippen molar-refractivity contribution in [1.82, 2.24) is 14.8 Å². The van der Waals surface area contributed by atoms with Crippen molar-refractivity contribution >= 4 is 17.7 Å². The van der Waals surface area contributed by atoms with Gasteiger partial charge >= 0.3 is 0 Å². The van der Waals surface area contributed by atoms with Crippen LogP contribution in [0.4, 0.5) is 0 Å². The largest absolute Gasteiger partial charge is 0.356 e. The van der Waals surface area contributed by atoms with Crippen LogP contribution in [-0.4, -0.2) is 42.3 Å². The first-order chi connectivity index (χ1) is 13.0. The molecule has 0 aliphatic carbocycles. The second kappa shape index (κ2) is 10.8. The summed E-state index contributed by atoms with van der Waals surface area (Å²) in [5.41, 5.74) is 2.35. The molecule has 0 spiro atoms. The van der Waals surface area contributed by atoms with E-state index in [0.717, 1.165) is 44.1 Å². The van der Waals surface area contributed by atoms with Crippen molar-refractivity contribution in [1.29, 1.82) is 0 Å². The summed E-state index contributed by atoms with van der Waals surface area (Å²) >= 11 is 1.75. The molecular formula is C21H30N4OS. The van der Waals surface area contributed by atoms with Gasteiger partial charge in [-0.2, -0.15) is 0 Å². The third-order valence-electron chi connectivity index (χ3n) is 4.51. The summed E-state index contributed by atoms with van der Waals surface area (Å²) in [5.74, 6) is 0.886. The van der Waals surface area contributed by atoms with Gasteiger partial charge in [0, 0.05) is 50.4 Å². The lowest BCUT2D eigenvalue weighted by Gasteiger charge is -2.22. The molecule has 6 heteroatoms. The van der Waals surface area contributed by atoms with Crippen LogP contribution in [-0.2, 0) is 13.1 Å². The van der Waals surface area contributed by atoms with E-state index in [4.69, 9.17) is 0 Å². The van der Waals surface area contributed by atoms with Crippen LogP contribution in [0.5, 0.6) is 0 Å². The minimum atomic E-state index is 0.0750. The van der Waals surface area contributed by atoms with Gasteiger partial charge in [0.1, 0.15) is 0 Å². The highest BCUT2D eigenvalue weighted by Gasteiger charge is 2.06. The molecule has 1 heterocycles. The van der Waals surface area contributed by atoms with Crippen molar-refractivity contribution in [2.24, 2.45) is 4.99 Å². The van der Waals surface area contributed by atoms with Crippen molar-refractivity contribution in [2.45, 2.75) is 37.8 Å². The third kappa shape index (κ3) is 6.47. The number of aliphatic imine (C=N–C) groups is 1. The van der Waals surface area contributed by atoms with Crippen molar-refractivity contribution in [3.8, 4) is 0 Å². The molecular weight excluding hydrogens is 356 g/mol. The van der Waals surface area contributed by atoms with Crippen LogP contribution >= 0.6 is 11.8 Å². The van der Waals surface area contributed by atoms with Crippen LogP contribution in [0.15, 0.2) is 57.1 Å². The van der Waals surface area contributed by atoms with Gasteiger partial charge in [-0.3, -0.25) is 9.79 Å². The molecule has 146 valence electrons. The lowest BCUT2D eigenvalue weighted by molar-refractivity contribution is 0.472. The molecule has 1 aromatic heterocycles. The Labute approximate surface area is 166 Å². The normalized spacial score (nSPS) is 11.5. The summed E-state index contributed by atoms with van der Waals surface area (Å²) in [6.45, 7) is 4.38. The van der Waals surface area contributed by atoms with Crippen molar-refractivity contribution in [3.05, 3.63) is 64.1 Å². The van der Waals surface area contributed by atoms with E-state index < -0.39 is 0 Å². The molecule has 0 atom stereocenters. The zero-order valence-electron chi connectivity index (χ0n) is 16.7. The summed E-state index contributed by atoms with van der Waals surface area (Å²) in [5, 5.41) is 3.41. The number of benzene rings is 1. The standard InChI is InChI=1S/C21H30N4OS/c1-17-8-7-9-20(26)25(17)15-6-5-14-23-21(22-2)24(3)16-18-10-12-19(27-4)13-11-18/h7-13H,5-6,14-16H2,1-4H3,(H,22,23). The number of guanidine groups is 1. The zero-order chi connectivity index (χ0) is 19.6. The number of nitrogens with zero attached hydrogens (tertiary/aromatic N) is 3. The summed E-state index contributed by atoms with van der Waals surface area (Å²) in [6.07, 6.45) is 4.02. The maximum absolute atomic E-state index is 11.9. The molecule has 5 nitrogen and oxygen atoms in total. The maximum atomic E-state index is 11.9. The Morgan fingerprint density at radius 2 is 1.93 bits per heavy atom. The molecule has 0 fully saturated rings. The highest BCUT2D eigenvalue weighted by molar-refractivity contribution is 7.98. The molecule has 0 aliphatic heterocycles. The summed E-state index contributed by atoms with van der Waals surface area (Å²) in [7, 11) is 3.85. The van der Waals surface area contributed by atoms with E-state index in [1.165, 1.54) is 10.5 Å². The molecule has 1 aromatic carbocycles. The Morgan fingerprint density at radius 1 is 1.19 bits per heavy atom. The minimum Gasteiger partial charge on any atom is -0.356 e. The molecule has 0 radical (unpaired) electrons. The first kappa shape index (κ1) is 21.1. The molecule has 2 rings (SSSR count). The van der Waals surface area contributed by atoms with Gasteiger partial charge in [0.25, 0.3) is 5.56 Å². The maximum Gasteiger partial charge on any atom is 0.250 e. The Kier molecular flexibility index (Phi) is 8.45. The molecule has 0 saturated carbocycles. The van der Waals surface area contributed by atoms with E-state index in [1.807, 2.05) is 37.7 Å². The molecule has 0 unspecified atom stereocenters. The van der Waals surface area contributed by atoms with Crippen LogP contribution < -0.4 is 10.9 Å². The predicted molar refractivity (Wildman–Crippen MR) is 116 cm³/mol. The molecule has 2 aromatic rings. The number of hydrogen-bond donors (Lipinski definition) is 1. The van der Waals surface area contributed by atoms with Gasteiger partial charge < -0.3 is 14.8 Å². The Bertz CT molecular complexity index is 799. The summed E-state index contributed by atoms with van der Waals surface area (Å²) in [4.78, 5) is 19.7. The summed E-state index contributed by atoms with van der Waals surface area (Å²) < 4.78 is 1.83. The number of thioether (sulfide) groups is 1. The number of hydrogen-bond acceptors (Lipinski definition) is 3. The van der Waals surface area contributed by atoms with Crippen LogP contribution in [0.1, 0.15) is 24.1 Å². The van der Waals surface area contributed by atoms with Gasteiger partial charge in [-0.1, -0.05) is 18.2 Å². The van der Waals surface area contributed by atoms with Crippen molar-refractivity contribution in [3.63, 3.8) is 0 Å². The highest BCUT2D eigenvalue weighted by atomic mass is 32.2.